The lowest BCUT2D eigenvalue weighted by atomic mass is 9.86. The summed E-state index contributed by atoms with van der Waals surface area (Å²) >= 11 is 5.02. The molecule has 1 unspecified atom stereocenters. The summed E-state index contributed by atoms with van der Waals surface area (Å²) in [6.07, 6.45) is 5.29. The first-order chi connectivity index (χ1) is 6.52. The number of hydrogen-bond donors (Lipinski definition) is 1. The van der Waals surface area contributed by atoms with Gasteiger partial charge in [0.25, 0.3) is 0 Å². The Morgan fingerprint density at radius 2 is 1.86 bits per heavy atom. The van der Waals surface area contributed by atoms with Crippen LogP contribution in [0.15, 0.2) is 0 Å². The molecule has 0 radical (unpaired) electrons. The molecule has 2 nitrogen and oxygen atoms in total. The maximum Gasteiger partial charge on any atom is 0.0899 e. The maximum absolute atomic E-state index is 5.66. The number of hydrogen-bond acceptors (Lipinski definition) is 2. The van der Waals surface area contributed by atoms with Crippen LogP contribution in [0.2, 0.25) is 0 Å². The Labute approximate surface area is 92.8 Å². The van der Waals surface area contributed by atoms with Crippen molar-refractivity contribution >= 4 is 17.2 Å². The number of thiocarbonyl (C=S) groups is 1. The van der Waals surface area contributed by atoms with E-state index in [1.165, 1.54) is 25.7 Å². The van der Waals surface area contributed by atoms with Crippen molar-refractivity contribution in [2.24, 2.45) is 11.7 Å². The topological polar surface area (TPSA) is 29.3 Å². The summed E-state index contributed by atoms with van der Waals surface area (Å²) in [5.74, 6) is 0.903. The van der Waals surface area contributed by atoms with Gasteiger partial charge in [-0.05, 0) is 45.6 Å². The second-order valence-electron chi connectivity index (χ2n) is 4.66. The van der Waals surface area contributed by atoms with E-state index >= 15 is 0 Å². The normalized spacial score (nSPS) is 30.3. The molecule has 0 amide bonds. The number of nitrogens with zero attached hydrogens (tertiary/aromatic N) is 1. The molecule has 0 aromatic heterocycles. The van der Waals surface area contributed by atoms with E-state index in [1.54, 1.807) is 0 Å². The third-order valence-corrected chi connectivity index (χ3v) is 3.93. The monoisotopic (exact) mass is 214 g/mol. The van der Waals surface area contributed by atoms with Crippen LogP contribution in [0.4, 0.5) is 0 Å². The number of likely N-dealkylation sites (N-methyl/N-ethyl adjacent to an activating group) is 1. The molecule has 1 fully saturated rings. The minimum absolute atomic E-state index is 0.239. The number of rotatable bonds is 3. The molecule has 1 atom stereocenters. The Kier molecular flexibility index (Phi) is 4.32. The van der Waals surface area contributed by atoms with Crippen LogP contribution >= 0.6 is 12.2 Å². The van der Waals surface area contributed by atoms with Crippen molar-refractivity contribution in [1.82, 2.24) is 4.90 Å². The molecule has 0 heterocycles. The third kappa shape index (κ3) is 2.92. The van der Waals surface area contributed by atoms with Gasteiger partial charge < -0.3 is 5.73 Å². The first-order valence-electron chi connectivity index (χ1n) is 5.53. The van der Waals surface area contributed by atoms with Gasteiger partial charge in [-0.15, -0.1) is 0 Å². The zero-order valence-corrected chi connectivity index (χ0v) is 10.3. The van der Waals surface area contributed by atoms with Crippen molar-refractivity contribution in [2.75, 3.05) is 7.05 Å². The highest BCUT2D eigenvalue weighted by atomic mass is 32.1. The molecule has 0 aromatic carbocycles. The molecule has 3 heteroatoms. The first kappa shape index (κ1) is 11.9. The van der Waals surface area contributed by atoms with Crippen LogP contribution in [0.25, 0.3) is 0 Å². The fourth-order valence-electron chi connectivity index (χ4n) is 2.17. The average molecular weight is 214 g/mol. The molecular formula is C11H22N2S. The molecule has 14 heavy (non-hydrogen) atoms. The summed E-state index contributed by atoms with van der Waals surface area (Å²) in [6, 6.07) is 0.922. The van der Waals surface area contributed by atoms with Crippen LogP contribution in [0, 0.1) is 5.92 Å². The Balaban J connectivity index is 2.45. The van der Waals surface area contributed by atoms with Crippen LogP contribution in [-0.2, 0) is 0 Å². The fourth-order valence-corrected chi connectivity index (χ4v) is 2.33. The standard InChI is InChI=1S/C11H22N2S/c1-8-4-6-10(7-5-8)13(3)9(2)11(12)14/h8-10H,4-7H2,1-3H3,(H2,12,14). The molecule has 0 saturated heterocycles. The van der Waals surface area contributed by atoms with Crippen molar-refractivity contribution in [2.45, 2.75) is 51.6 Å². The van der Waals surface area contributed by atoms with Gasteiger partial charge in [0.15, 0.2) is 0 Å². The van der Waals surface area contributed by atoms with Gasteiger partial charge in [0.1, 0.15) is 0 Å². The van der Waals surface area contributed by atoms with Crippen LogP contribution in [0.3, 0.4) is 0 Å². The van der Waals surface area contributed by atoms with Gasteiger partial charge in [0, 0.05) is 6.04 Å². The summed E-state index contributed by atoms with van der Waals surface area (Å²) in [4.78, 5) is 2.96. The minimum atomic E-state index is 0.239. The zero-order chi connectivity index (χ0) is 10.7. The predicted molar refractivity (Wildman–Crippen MR) is 65.4 cm³/mol. The Morgan fingerprint density at radius 3 is 2.29 bits per heavy atom. The van der Waals surface area contributed by atoms with Crippen molar-refractivity contribution in [3.05, 3.63) is 0 Å². The second-order valence-corrected chi connectivity index (χ2v) is 5.13. The van der Waals surface area contributed by atoms with E-state index in [2.05, 4.69) is 25.8 Å². The molecule has 0 bridgehead atoms. The van der Waals surface area contributed by atoms with Crippen LogP contribution < -0.4 is 5.73 Å². The minimum Gasteiger partial charge on any atom is -0.392 e. The van der Waals surface area contributed by atoms with Gasteiger partial charge >= 0.3 is 0 Å². The summed E-state index contributed by atoms with van der Waals surface area (Å²) < 4.78 is 0. The molecule has 0 aliphatic heterocycles. The van der Waals surface area contributed by atoms with E-state index in [4.69, 9.17) is 18.0 Å². The predicted octanol–water partition coefficient (Wildman–Crippen LogP) is 2.17. The van der Waals surface area contributed by atoms with Gasteiger partial charge in [-0.1, -0.05) is 19.1 Å². The Hall–Kier alpha value is -0.150. The van der Waals surface area contributed by atoms with E-state index in [9.17, 15) is 0 Å². The molecule has 1 saturated carbocycles. The second kappa shape index (κ2) is 5.08. The highest BCUT2D eigenvalue weighted by Crippen LogP contribution is 2.27. The van der Waals surface area contributed by atoms with Crippen molar-refractivity contribution < 1.29 is 0 Å². The van der Waals surface area contributed by atoms with Crippen molar-refractivity contribution in [1.29, 1.82) is 0 Å². The smallest absolute Gasteiger partial charge is 0.0899 e. The van der Waals surface area contributed by atoms with Gasteiger partial charge in [-0.3, -0.25) is 4.90 Å². The molecule has 2 N–H and O–H groups in total. The quantitative estimate of drug-likeness (QED) is 0.730. The SMILES string of the molecule is CC1CCC(N(C)C(C)C(N)=S)CC1. The molecule has 0 aromatic rings. The Bertz CT molecular complexity index is 197. The summed E-state index contributed by atoms with van der Waals surface area (Å²) in [7, 11) is 2.14. The van der Waals surface area contributed by atoms with Gasteiger partial charge in [0.2, 0.25) is 0 Å². The number of nitrogens with two attached hydrogens (primary N) is 1. The molecule has 82 valence electrons. The molecule has 1 rings (SSSR count). The first-order valence-corrected chi connectivity index (χ1v) is 5.94. The summed E-state index contributed by atoms with van der Waals surface area (Å²) in [6.45, 7) is 4.44. The maximum atomic E-state index is 5.66. The largest absolute Gasteiger partial charge is 0.392 e. The van der Waals surface area contributed by atoms with E-state index in [1.807, 2.05) is 0 Å². The van der Waals surface area contributed by atoms with Crippen LogP contribution in [-0.4, -0.2) is 29.0 Å². The third-order valence-electron chi connectivity index (χ3n) is 3.58. The average Bonchev–Trinajstić information content (AvgIpc) is 2.16. The van der Waals surface area contributed by atoms with E-state index < -0.39 is 0 Å². The van der Waals surface area contributed by atoms with E-state index in [0.717, 1.165) is 5.92 Å². The molecule has 1 aliphatic carbocycles. The molecule has 1 aliphatic rings. The molecule has 0 spiro atoms. The summed E-state index contributed by atoms with van der Waals surface area (Å²) in [5.41, 5.74) is 5.66. The van der Waals surface area contributed by atoms with E-state index in [0.29, 0.717) is 11.0 Å². The highest BCUT2D eigenvalue weighted by Gasteiger charge is 2.25. The van der Waals surface area contributed by atoms with Gasteiger partial charge in [-0.25, -0.2) is 0 Å². The van der Waals surface area contributed by atoms with Gasteiger partial charge in [0.05, 0.1) is 11.0 Å². The zero-order valence-electron chi connectivity index (χ0n) is 9.49. The van der Waals surface area contributed by atoms with Gasteiger partial charge in [-0.2, -0.15) is 0 Å². The van der Waals surface area contributed by atoms with Crippen LogP contribution in [0.5, 0.6) is 0 Å². The van der Waals surface area contributed by atoms with E-state index in [-0.39, 0.29) is 6.04 Å². The van der Waals surface area contributed by atoms with Crippen molar-refractivity contribution in [3.63, 3.8) is 0 Å². The highest BCUT2D eigenvalue weighted by molar-refractivity contribution is 7.80. The Morgan fingerprint density at radius 1 is 1.36 bits per heavy atom. The lowest BCUT2D eigenvalue weighted by molar-refractivity contribution is 0.158. The van der Waals surface area contributed by atoms with Crippen molar-refractivity contribution in [3.8, 4) is 0 Å². The van der Waals surface area contributed by atoms with Crippen LogP contribution in [0.1, 0.15) is 39.5 Å². The summed E-state index contributed by atoms with van der Waals surface area (Å²) in [5, 5.41) is 0. The fraction of sp³-hybridized carbons (Fsp3) is 0.909. The lowest BCUT2D eigenvalue weighted by Gasteiger charge is -2.36. The lowest BCUT2D eigenvalue weighted by Crippen LogP contribution is -2.46. The molecular weight excluding hydrogens is 192 g/mol.